The highest BCUT2D eigenvalue weighted by Crippen LogP contribution is 2.44. The second-order valence-corrected chi connectivity index (χ2v) is 11.4. The van der Waals surface area contributed by atoms with Crippen LogP contribution in [0.3, 0.4) is 0 Å². The summed E-state index contributed by atoms with van der Waals surface area (Å²) < 4.78 is 39.1. The third kappa shape index (κ3) is 7.22. The largest absolute Gasteiger partial charge is 0.412 e. The lowest BCUT2D eigenvalue weighted by atomic mass is 10.0. The highest BCUT2D eigenvalue weighted by molar-refractivity contribution is 6.71. The van der Waals surface area contributed by atoms with Gasteiger partial charge in [0.05, 0.1) is 32.5 Å². The molecule has 0 bridgehead atoms. The molecule has 4 atom stereocenters. The molecule has 3 heterocycles. The molecular formula is C20H42O8Si. The van der Waals surface area contributed by atoms with Gasteiger partial charge in [0.2, 0.25) is 0 Å². The molecule has 0 aromatic rings. The molecule has 174 valence electrons. The van der Waals surface area contributed by atoms with Crippen molar-refractivity contribution in [3.8, 4) is 0 Å². The molecule has 0 amide bonds. The zero-order valence-corrected chi connectivity index (χ0v) is 19.9. The number of rotatable bonds is 12. The van der Waals surface area contributed by atoms with E-state index in [-0.39, 0.29) is 16.8 Å². The molecule has 3 aliphatic heterocycles. The average Bonchev–Trinajstić information content (AvgIpc) is 3.63. The predicted molar refractivity (Wildman–Crippen MR) is 112 cm³/mol. The molecule has 3 saturated heterocycles. The van der Waals surface area contributed by atoms with Gasteiger partial charge in [-0.05, 0) is 31.7 Å². The predicted octanol–water partition coefficient (Wildman–Crippen LogP) is 2.01. The van der Waals surface area contributed by atoms with E-state index in [4.69, 9.17) is 32.5 Å². The summed E-state index contributed by atoms with van der Waals surface area (Å²) in [7, 11) is 2.92. The van der Waals surface area contributed by atoms with Gasteiger partial charge < -0.3 is 38.0 Å². The number of epoxide rings is 2. The molecule has 29 heavy (non-hydrogen) atoms. The Labute approximate surface area is 177 Å². The van der Waals surface area contributed by atoms with Crippen LogP contribution in [-0.2, 0) is 32.5 Å². The van der Waals surface area contributed by atoms with Gasteiger partial charge in [0.25, 0.3) is 0 Å². The molecule has 0 saturated carbocycles. The van der Waals surface area contributed by atoms with Gasteiger partial charge in [-0.2, -0.15) is 0 Å². The fourth-order valence-electron chi connectivity index (χ4n) is 4.09. The van der Waals surface area contributed by atoms with E-state index >= 15 is 0 Å². The zero-order chi connectivity index (χ0) is 20.5. The van der Waals surface area contributed by atoms with Crippen LogP contribution >= 0.6 is 0 Å². The van der Waals surface area contributed by atoms with Crippen molar-refractivity contribution >= 4 is 8.56 Å². The van der Waals surface area contributed by atoms with Crippen LogP contribution in [0, 0.1) is 0 Å². The first kappa shape index (κ1) is 26.9. The number of hydrogen-bond donors (Lipinski definition) is 0. The molecule has 0 aliphatic carbocycles. The quantitative estimate of drug-likeness (QED) is 0.339. The van der Waals surface area contributed by atoms with Crippen LogP contribution < -0.4 is 0 Å². The molecule has 0 spiro atoms. The number of ether oxygens (including phenoxy) is 5. The van der Waals surface area contributed by atoms with Gasteiger partial charge >= 0.3 is 8.56 Å². The van der Waals surface area contributed by atoms with E-state index in [1.807, 2.05) is 0 Å². The third-order valence-electron chi connectivity index (χ3n) is 5.72. The van der Waals surface area contributed by atoms with Crippen molar-refractivity contribution in [2.45, 2.75) is 75.5 Å². The van der Waals surface area contributed by atoms with Crippen molar-refractivity contribution in [1.82, 2.24) is 0 Å². The van der Waals surface area contributed by atoms with Crippen LogP contribution in [0.5, 0.6) is 0 Å². The minimum Gasteiger partial charge on any atom is -0.412 e. The Bertz CT molecular complexity index is 417. The summed E-state index contributed by atoms with van der Waals surface area (Å²) in [4.78, 5) is 0. The molecule has 4 unspecified atom stereocenters. The Hall–Kier alpha value is -0.103. The van der Waals surface area contributed by atoms with Gasteiger partial charge in [-0.1, -0.05) is 20.3 Å². The van der Waals surface area contributed by atoms with Crippen molar-refractivity contribution in [1.29, 1.82) is 0 Å². The fraction of sp³-hybridized carbons (Fsp3) is 1.00. The summed E-state index contributed by atoms with van der Waals surface area (Å²) in [6, 6.07) is 0.986. The van der Waals surface area contributed by atoms with E-state index < -0.39 is 8.56 Å². The summed E-state index contributed by atoms with van der Waals surface area (Å²) in [5, 5.41) is -0.376. The molecule has 0 aromatic carbocycles. The monoisotopic (exact) mass is 438 g/mol. The minimum absolute atomic E-state index is 0. The second kappa shape index (κ2) is 13.3. The Balaban J connectivity index is 0.000000348. The normalized spacial score (nSPS) is 32.0. The number of hydrogen-bond acceptors (Lipinski definition) is 7. The fourth-order valence-corrected chi connectivity index (χ4v) is 8.11. The Morgan fingerprint density at radius 2 is 1.55 bits per heavy atom. The third-order valence-corrected chi connectivity index (χ3v) is 10.1. The first-order chi connectivity index (χ1) is 13.6. The Morgan fingerprint density at radius 1 is 0.966 bits per heavy atom. The summed E-state index contributed by atoms with van der Waals surface area (Å²) in [6.07, 6.45) is 6.02. The highest BCUT2D eigenvalue weighted by atomic mass is 28.4. The smallest absolute Gasteiger partial charge is 0.373 e. The van der Waals surface area contributed by atoms with Gasteiger partial charge in [0.15, 0.2) is 0 Å². The molecule has 0 aromatic heterocycles. The van der Waals surface area contributed by atoms with Crippen LogP contribution in [-0.4, -0.2) is 91.9 Å². The van der Waals surface area contributed by atoms with E-state index in [0.717, 1.165) is 71.2 Å². The van der Waals surface area contributed by atoms with E-state index in [0.29, 0.717) is 12.2 Å². The van der Waals surface area contributed by atoms with E-state index in [1.54, 1.807) is 21.3 Å². The van der Waals surface area contributed by atoms with Crippen LogP contribution in [0.1, 0.15) is 46.0 Å². The zero-order valence-electron chi connectivity index (χ0n) is 18.9. The second-order valence-electron chi connectivity index (χ2n) is 7.70. The first-order valence-corrected chi connectivity index (χ1v) is 12.7. The maximum absolute atomic E-state index is 6.10. The van der Waals surface area contributed by atoms with Crippen LogP contribution in [0.15, 0.2) is 0 Å². The molecule has 9 heteroatoms. The molecular weight excluding hydrogens is 396 g/mol. The number of methoxy groups -OCH3 is 1. The summed E-state index contributed by atoms with van der Waals surface area (Å²) in [6.45, 7) is 8.35. The van der Waals surface area contributed by atoms with Crippen molar-refractivity contribution in [2.24, 2.45) is 0 Å². The maximum atomic E-state index is 6.10. The maximum Gasteiger partial charge on any atom is 0.373 e. The Kier molecular flexibility index (Phi) is 12.4. The van der Waals surface area contributed by atoms with Gasteiger partial charge in [0, 0.05) is 27.9 Å². The van der Waals surface area contributed by atoms with Crippen LogP contribution in [0.25, 0.3) is 0 Å². The lowest BCUT2D eigenvalue weighted by Crippen LogP contribution is -2.71. The van der Waals surface area contributed by atoms with Crippen LogP contribution in [0.4, 0.5) is 0 Å². The van der Waals surface area contributed by atoms with Gasteiger partial charge in [-0.25, -0.2) is 0 Å². The lowest BCUT2D eigenvalue weighted by molar-refractivity contribution is -0.123. The van der Waals surface area contributed by atoms with Crippen LogP contribution in [0.2, 0.25) is 6.04 Å². The van der Waals surface area contributed by atoms with Gasteiger partial charge in [-0.15, -0.1) is 0 Å². The van der Waals surface area contributed by atoms with Crippen molar-refractivity contribution in [3.63, 3.8) is 0 Å². The first-order valence-electron chi connectivity index (χ1n) is 10.7. The summed E-state index contributed by atoms with van der Waals surface area (Å²) in [5.74, 6) is 0. The standard InChI is InChI=1S/C14H30O4Si.C6H10O3.H2O/c1-6-10-14(15-3)13(18-11-7-2)9-8-12-19(14,16-4)17-5;1(5-3-8-5)7-2-6-4-9-6;/h13H,6-12H2,1-5H3;5-6H,1-4H2;1H2. The van der Waals surface area contributed by atoms with Gasteiger partial charge in [0.1, 0.15) is 17.4 Å². The van der Waals surface area contributed by atoms with Gasteiger partial charge in [-0.3, -0.25) is 0 Å². The van der Waals surface area contributed by atoms with E-state index in [2.05, 4.69) is 13.8 Å². The van der Waals surface area contributed by atoms with Crippen molar-refractivity contribution in [3.05, 3.63) is 0 Å². The lowest BCUT2D eigenvalue weighted by Gasteiger charge is -2.51. The molecule has 8 nitrogen and oxygen atoms in total. The molecule has 2 N–H and O–H groups in total. The summed E-state index contributed by atoms with van der Waals surface area (Å²) in [5.41, 5.74) is 0. The molecule has 3 aliphatic rings. The van der Waals surface area contributed by atoms with Crippen molar-refractivity contribution in [2.75, 3.05) is 54.4 Å². The van der Waals surface area contributed by atoms with Crippen molar-refractivity contribution < 1.29 is 38.0 Å². The Morgan fingerprint density at radius 3 is 1.97 bits per heavy atom. The molecule has 0 radical (unpaired) electrons. The summed E-state index contributed by atoms with van der Waals surface area (Å²) >= 11 is 0. The molecule has 3 fully saturated rings. The SMILES string of the molecule is C(OCC1CO1)C1CO1.CCCOC1CCC[Si](OC)(OC)C1(CCC)OC.O. The molecule has 3 rings (SSSR count). The minimum atomic E-state index is -2.39. The van der Waals surface area contributed by atoms with E-state index in [9.17, 15) is 0 Å². The topological polar surface area (TPSA) is 103 Å². The van der Waals surface area contributed by atoms with E-state index in [1.165, 1.54) is 0 Å². The average molecular weight is 439 g/mol. The highest BCUT2D eigenvalue weighted by Gasteiger charge is 2.63.